The van der Waals surface area contributed by atoms with Crippen molar-refractivity contribution in [2.45, 2.75) is 30.8 Å². The van der Waals surface area contributed by atoms with Crippen LogP contribution in [0.4, 0.5) is 5.95 Å². The van der Waals surface area contributed by atoms with E-state index >= 15 is 0 Å². The number of aliphatic hydroxyl groups is 3. The lowest BCUT2D eigenvalue weighted by molar-refractivity contribution is -0.160. The molecule has 0 saturated carbocycles. The minimum absolute atomic E-state index is 0.0102. The summed E-state index contributed by atoms with van der Waals surface area (Å²) in [5.74, 6) is -0.0102. The Balaban J connectivity index is 1.88. The van der Waals surface area contributed by atoms with Gasteiger partial charge >= 0.3 is 7.82 Å². The molecule has 0 bridgehead atoms. The van der Waals surface area contributed by atoms with Gasteiger partial charge < -0.3 is 35.6 Å². The minimum Gasteiger partial charge on any atom is -0.387 e. The standard InChI is InChI=1S/C10H14N5O8P/c11-10-12-1-3-7(14-10)13-2-15(3)8-5(17)4(16)6(22-8)9(18)23-24(19,20)21/h1-2,4-6,8-9,16-18H,(H2,11,12,14)(H2,19,20,21)/t4-,5+,6-,8-,9?/m0/s1. The van der Waals surface area contributed by atoms with E-state index in [1.807, 2.05) is 0 Å². The fourth-order valence-corrected chi connectivity index (χ4v) is 2.79. The van der Waals surface area contributed by atoms with Crippen LogP contribution in [0.1, 0.15) is 6.23 Å². The summed E-state index contributed by atoms with van der Waals surface area (Å²) in [6, 6.07) is 0. The second-order valence-electron chi connectivity index (χ2n) is 5.05. The number of phosphoric acid groups is 1. The Kier molecular flexibility index (Phi) is 4.27. The highest BCUT2D eigenvalue weighted by Gasteiger charge is 2.49. The molecular formula is C10H14N5O8P. The highest BCUT2D eigenvalue weighted by molar-refractivity contribution is 7.46. The number of nitrogens with zero attached hydrogens (tertiary/aromatic N) is 4. The van der Waals surface area contributed by atoms with Gasteiger partial charge in [-0.25, -0.2) is 14.5 Å². The molecule has 1 fully saturated rings. The number of hydrogen-bond acceptors (Lipinski definition) is 10. The van der Waals surface area contributed by atoms with E-state index in [1.165, 1.54) is 17.1 Å². The third kappa shape index (κ3) is 3.11. The fraction of sp³-hybridized carbons (Fsp3) is 0.500. The maximum Gasteiger partial charge on any atom is 0.472 e. The van der Waals surface area contributed by atoms with Gasteiger partial charge in [-0.1, -0.05) is 0 Å². The largest absolute Gasteiger partial charge is 0.472 e. The molecule has 2 aromatic heterocycles. The fourth-order valence-electron chi connectivity index (χ4n) is 2.39. The molecular weight excluding hydrogens is 349 g/mol. The van der Waals surface area contributed by atoms with Crippen molar-refractivity contribution in [3.63, 3.8) is 0 Å². The van der Waals surface area contributed by atoms with Gasteiger partial charge in [0.05, 0.1) is 12.5 Å². The molecule has 1 unspecified atom stereocenters. The van der Waals surface area contributed by atoms with Gasteiger partial charge in [-0.2, -0.15) is 4.98 Å². The number of nitrogen functional groups attached to an aromatic ring is 1. The Morgan fingerprint density at radius 2 is 2.04 bits per heavy atom. The van der Waals surface area contributed by atoms with Crippen molar-refractivity contribution in [1.29, 1.82) is 0 Å². The summed E-state index contributed by atoms with van der Waals surface area (Å²) in [6.45, 7) is 0. The lowest BCUT2D eigenvalue weighted by Crippen LogP contribution is -2.39. The zero-order valence-electron chi connectivity index (χ0n) is 11.8. The first-order valence-electron chi connectivity index (χ1n) is 6.56. The van der Waals surface area contributed by atoms with Gasteiger partial charge in [0.25, 0.3) is 0 Å². The summed E-state index contributed by atoms with van der Waals surface area (Å²) < 4.78 is 21.4. The molecule has 3 rings (SSSR count). The molecule has 3 heterocycles. The molecule has 24 heavy (non-hydrogen) atoms. The average molecular weight is 363 g/mol. The number of fused-ring (bicyclic) bond motifs is 1. The highest BCUT2D eigenvalue weighted by Crippen LogP contribution is 2.41. The Labute approximate surface area is 133 Å². The van der Waals surface area contributed by atoms with Crippen molar-refractivity contribution >= 4 is 24.9 Å². The molecule has 1 saturated heterocycles. The van der Waals surface area contributed by atoms with Gasteiger partial charge in [0, 0.05) is 0 Å². The Bertz CT molecular complexity index is 795. The van der Waals surface area contributed by atoms with Crippen LogP contribution in [0.15, 0.2) is 12.5 Å². The second kappa shape index (κ2) is 5.98. The number of ether oxygens (including phenoxy) is 1. The Morgan fingerprint density at radius 3 is 2.71 bits per heavy atom. The summed E-state index contributed by atoms with van der Waals surface area (Å²) in [5, 5.41) is 29.7. The van der Waals surface area contributed by atoms with E-state index in [4.69, 9.17) is 20.3 Å². The smallest absolute Gasteiger partial charge is 0.387 e. The molecule has 2 aromatic rings. The van der Waals surface area contributed by atoms with Gasteiger partial charge in [0.1, 0.15) is 23.8 Å². The van der Waals surface area contributed by atoms with E-state index < -0.39 is 38.7 Å². The van der Waals surface area contributed by atoms with Crippen LogP contribution >= 0.6 is 7.82 Å². The van der Waals surface area contributed by atoms with Gasteiger partial charge in [0.15, 0.2) is 18.2 Å². The number of anilines is 1. The molecule has 5 atom stereocenters. The average Bonchev–Trinajstić information content (AvgIpc) is 2.99. The summed E-state index contributed by atoms with van der Waals surface area (Å²) in [7, 11) is -5.02. The van der Waals surface area contributed by atoms with Crippen LogP contribution in [0.3, 0.4) is 0 Å². The van der Waals surface area contributed by atoms with Crippen molar-refractivity contribution in [2.75, 3.05) is 5.73 Å². The molecule has 0 spiro atoms. The third-order valence-electron chi connectivity index (χ3n) is 3.43. The first kappa shape index (κ1) is 17.1. The van der Waals surface area contributed by atoms with E-state index in [0.29, 0.717) is 5.52 Å². The van der Waals surface area contributed by atoms with Crippen LogP contribution in [0.25, 0.3) is 11.2 Å². The van der Waals surface area contributed by atoms with Crippen molar-refractivity contribution in [3.8, 4) is 0 Å². The van der Waals surface area contributed by atoms with Crippen LogP contribution in [0.2, 0.25) is 0 Å². The molecule has 7 N–H and O–H groups in total. The van der Waals surface area contributed by atoms with E-state index in [2.05, 4.69) is 19.5 Å². The summed E-state index contributed by atoms with van der Waals surface area (Å²) in [5.41, 5.74) is 5.98. The summed E-state index contributed by atoms with van der Waals surface area (Å²) >= 11 is 0. The lowest BCUT2D eigenvalue weighted by Gasteiger charge is -2.21. The zero-order chi connectivity index (χ0) is 17.6. The van der Waals surface area contributed by atoms with Crippen molar-refractivity contribution in [2.24, 2.45) is 0 Å². The predicted octanol–water partition coefficient (Wildman–Crippen LogP) is -2.54. The van der Waals surface area contributed by atoms with E-state index in [0.717, 1.165) is 0 Å². The van der Waals surface area contributed by atoms with Crippen LogP contribution in [0.5, 0.6) is 0 Å². The number of hydrogen-bond donors (Lipinski definition) is 6. The maximum atomic E-state index is 10.8. The monoisotopic (exact) mass is 363 g/mol. The first-order chi connectivity index (χ1) is 11.2. The molecule has 14 heteroatoms. The van der Waals surface area contributed by atoms with E-state index in [1.54, 1.807) is 0 Å². The van der Waals surface area contributed by atoms with Crippen LogP contribution < -0.4 is 5.73 Å². The molecule has 1 aliphatic heterocycles. The topological polar surface area (TPSA) is 206 Å². The quantitative estimate of drug-likeness (QED) is 0.245. The van der Waals surface area contributed by atoms with E-state index in [9.17, 15) is 19.9 Å². The molecule has 0 radical (unpaired) electrons. The van der Waals surface area contributed by atoms with Gasteiger partial charge in [0.2, 0.25) is 5.95 Å². The van der Waals surface area contributed by atoms with Crippen molar-refractivity contribution < 1.29 is 38.9 Å². The Morgan fingerprint density at radius 1 is 1.33 bits per heavy atom. The number of aromatic nitrogens is 4. The van der Waals surface area contributed by atoms with Gasteiger partial charge in [-0.05, 0) is 0 Å². The van der Waals surface area contributed by atoms with Crippen molar-refractivity contribution in [1.82, 2.24) is 19.5 Å². The predicted molar refractivity (Wildman–Crippen MR) is 74.8 cm³/mol. The normalized spacial score (nSPS) is 29.2. The Hall–Kier alpha value is -1.70. The zero-order valence-corrected chi connectivity index (χ0v) is 12.7. The number of imidazole rings is 1. The lowest BCUT2D eigenvalue weighted by atomic mass is 10.1. The molecule has 0 aliphatic carbocycles. The third-order valence-corrected chi connectivity index (χ3v) is 3.92. The van der Waals surface area contributed by atoms with Crippen LogP contribution in [-0.4, -0.2) is 69.2 Å². The summed E-state index contributed by atoms with van der Waals surface area (Å²) in [4.78, 5) is 29.0. The molecule has 132 valence electrons. The maximum absolute atomic E-state index is 10.8. The number of phosphoric ester groups is 1. The van der Waals surface area contributed by atoms with Gasteiger partial charge in [-0.3, -0.25) is 9.09 Å². The van der Waals surface area contributed by atoms with Crippen LogP contribution in [-0.2, 0) is 13.8 Å². The number of nitrogens with two attached hydrogens (primary N) is 1. The first-order valence-corrected chi connectivity index (χ1v) is 8.09. The minimum atomic E-state index is -5.02. The molecule has 1 aliphatic rings. The molecule has 0 aromatic carbocycles. The van der Waals surface area contributed by atoms with E-state index in [-0.39, 0.29) is 11.6 Å². The second-order valence-corrected chi connectivity index (χ2v) is 6.24. The van der Waals surface area contributed by atoms with Crippen LogP contribution in [0, 0.1) is 0 Å². The SMILES string of the molecule is Nc1ncc2c(ncn2[C@H]2O[C@H](C(O)OP(=O)(O)O)[C@@H](O)[C@H]2O)n1. The van der Waals surface area contributed by atoms with Crippen molar-refractivity contribution in [3.05, 3.63) is 12.5 Å². The highest BCUT2D eigenvalue weighted by atomic mass is 31.2. The van der Waals surface area contributed by atoms with Gasteiger partial charge in [-0.15, -0.1) is 0 Å². The number of aliphatic hydroxyl groups excluding tert-OH is 3. The molecule has 0 amide bonds. The summed E-state index contributed by atoms with van der Waals surface area (Å²) in [6.07, 6.45) is -5.64. The number of rotatable bonds is 4. The molecule has 13 nitrogen and oxygen atoms in total.